The van der Waals surface area contributed by atoms with E-state index in [4.69, 9.17) is 0 Å². The van der Waals surface area contributed by atoms with Crippen LogP contribution in [-0.2, 0) is 0 Å². The fraction of sp³-hybridized carbons (Fsp3) is 0.765. The van der Waals surface area contributed by atoms with Gasteiger partial charge in [0.2, 0.25) is 0 Å². The SMILES string of the molecule is CCNC(c1cc(C)c(C)s1)C1CCC(C)C(C)C1. The molecule has 1 N–H and O–H groups in total. The maximum Gasteiger partial charge on any atom is 0.0443 e. The van der Waals surface area contributed by atoms with Crippen molar-refractivity contribution in [1.29, 1.82) is 0 Å². The molecule has 1 fully saturated rings. The second-order valence-electron chi connectivity index (χ2n) is 6.45. The van der Waals surface area contributed by atoms with Crippen LogP contribution in [0, 0.1) is 31.6 Å². The van der Waals surface area contributed by atoms with E-state index in [9.17, 15) is 0 Å². The van der Waals surface area contributed by atoms with Gasteiger partial charge in [0.1, 0.15) is 0 Å². The van der Waals surface area contributed by atoms with Gasteiger partial charge >= 0.3 is 0 Å². The van der Waals surface area contributed by atoms with Crippen molar-refractivity contribution in [3.63, 3.8) is 0 Å². The lowest BCUT2D eigenvalue weighted by Crippen LogP contribution is -2.32. The van der Waals surface area contributed by atoms with Crippen molar-refractivity contribution in [2.75, 3.05) is 6.54 Å². The quantitative estimate of drug-likeness (QED) is 0.809. The molecule has 4 atom stereocenters. The fourth-order valence-electron chi connectivity index (χ4n) is 3.37. The Morgan fingerprint density at radius 1 is 1.26 bits per heavy atom. The first-order chi connectivity index (χ1) is 9.02. The van der Waals surface area contributed by atoms with E-state index >= 15 is 0 Å². The molecule has 2 rings (SSSR count). The third-order valence-electron chi connectivity index (χ3n) is 5.03. The van der Waals surface area contributed by atoms with Crippen molar-refractivity contribution in [2.45, 2.75) is 59.9 Å². The summed E-state index contributed by atoms with van der Waals surface area (Å²) in [7, 11) is 0. The molecule has 19 heavy (non-hydrogen) atoms. The Labute approximate surface area is 122 Å². The van der Waals surface area contributed by atoms with Crippen molar-refractivity contribution < 1.29 is 0 Å². The van der Waals surface area contributed by atoms with E-state index in [-0.39, 0.29) is 0 Å². The highest BCUT2D eigenvalue weighted by Gasteiger charge is 2.31. The van der Waals surface area contributed by atoms with Gasteiger partial charge in [-0.05, 0) is 62.6 Å². The molecule has 1 nitrogen and oxygen atoms in total. The number of rotatable bonds is 4. The largest absolute Gasteiger partial charge is 0.309 e. The monoisotopic (exact) mass is 279 g/mol. The maximum atomic E-state index is 3.75. The molecular formula is C17H29NS. The fourth-order valence-corrected chi connectivity index (χ4v) is 4.58. The van der Waals surface area contributed by atoms with E-state index in [0.29, 0.717) is 6.04 Å². The number of hydrogen-bond donors (Lipinski definition) is 1. The molecule has 0 spiro atoms. The van der Waals surface area contributed by atoms with Gasteiger partial charge in [-0.15, -0.1) is 11.3 Å². The zero-order chi connectivity index (χ0) is 14.0. The van der Waals surface area contributed by atoms with Crippen molar-refractivity contribution in [3.8, 4) is 0 Å². The first-order valence-corrected chi connectivity index (χ1v) is 8.64. The number of aryl methyl sites for hydroxylation is 2. The van der Waals surface area contributed by atoms with Crippen LogP contribution in [0.1, 0.15) is 61.4 Å². The molecule has 108 valence electrons. The Hall–Kier alpha value is -0.340. The van der Waals surface area contributed by atoms with Crippen molar-refractivity contribution >= 4 is 11.3 Å². The average molecular weight is 279 g/mol. The van der Waals surface area contributed by atoms with E-state index in [1.54, 1.807) is 4.88 Å². The van der Waals surface area contributed by atoms with E-state index < -0.39 is 0 Å². The van der Waals surface area contributed by atoms with Gasteiger partial charge in [-0.2, -0.15) is 0 Å². The first-order valence-electron chi connectivity index (χ1n) is 7.83. The molecule has 0 saturated heterocycles. The lowest BCUT2D eigenvalue weighted by molar-refractivity contribution is 0.173. The summed E-state index contributed by atoms with van der Waals surface area (Å²) in [6, 6.07) is 2.99. The Balaban J connectivity index is 2.15. The molecule has 1 aliphatic rings. The van der Waals surface area contributed by atoms with Crippen molar-refractivity contribution in [1.82, 2.24) is 5.32 Å². The van der Waals surface area contributed by atoms with Crippen LogP contribution in [0.2, 0.25) is 0 Å². The second-order valence-corrected chi connectivity index (χ2v) is 7.74. The molecule has 2 heteroatoms. The summed E-state index contributed by atoms with van der Waals surface area (Å²) in [5, 5.41) is 3.75. The molecule has 1 heterocycles. The Bertz CT molecular complexity index is 390. The molecule has 0 bridgehead atoms. The zero-order valence-electron chi connectivity index (χ0n) is 13.1. The molecule has 1 aliphatic carbocycles. The van der Waals surface area contributed by atoms with Crippen molar-refractivity contribution in [2.24, 2.45) is 17.8 Å². The first kappa shape index (κ1) is 15.1. The van der Waals surface area contributed by atoms with Gasteiger partial charge in [-0.25, -0.2) is 0 Å². The highest BCUT2D eigenvalue weighted by molar-refractivity contribution is 7.12. The normalized spacial score (nSPS) is 29.4. The Morgan fingerprint density at radius 3 is 2.53 bits per heavy atom. The highest BCUT2D eigenvalue weighted by atomic mass is 32.1. The smallest absolute Gasteiger partial charge is 0.0443 e. The summed E-state index contributed by atoms with van der Waals surface area (Å²) in [4.78, 5) is 3.04. The Morgan fingerprint density at radius 2 is 2.00 bits per heavy atom. The van der Waals surface area contributed by atoms with Crippen LogP contribution < -0.4 is 5.32 Å². The molecule has 0 aromatic carbocycles. The predicted octanol–water partition coefficient (Wildman–Crippen LogP) is 5.09. The van der Waals surface area contributed by atoms with E-state index in [1.807, 2.05) is 11.3 Å². The lowest BCUT2D eigenvalue weighted by Gasteiger charge is -2.36. The Kier molecular flexibility index (Phi) is 5.08. The minimum Gasteiger partial charge on any atom is -0.309 e. The van der Waals surface area contributed by atoms with Crippen LogP contribution in [0.5, 0.6) is 0 Å². The van der Waals surface area contributed by atoms with Gasteiger partial charge in [0.15, 0.2) is 0 Å². The van der Waals surface area contributed by atoms with Gasteiger partial charge in [0.05, 0.1) is 0 Å². The number of nitrogens with one attached hydrogen (secondary N) is 1. The van der Waals surface area contributed by atoms with Crippen LogP contribution in [0.4, 0.5) is 0 Å². The van der Waals surface area contributed by atoms with E-state index in [1.165, 1.54) is 29.7 Å². The summed E-state index contributed by atoms with van der Waals surface area (Å²) in [6.45, 7) is 12.6. The van der Waals surface area contributed by atoms with E-state index in [0.717, 1.165) is 24.3 Å². The van der Waals surface area contributed by atoms with Crippen molar-refractivity contribution in [3.05, 3.63) is 21.4 Å². The third kappa shape index (κ3) is 3.41. The summed E-state index contributed by atoms with van der Waals surface area (Å²) < 4.78 is 0. The number of hydrogen-bond acceptors (Lipinski definition) is 2. The molecule has 1 aromatic rings. The van der Waals surface area contributed by atoms with Gasteiger partial charge in [0.25, 0.3) is 0 Å². The minimum atomic E-state index is 0.581. The predicted molar refractivity (Wildman–Crippen MR) is 85.9 cm³/mol. The summed E-state index contributed by atoms with van der Waals surface area (Å²) in [5.41, 5.74) is 1.46. The minimum absolute atomic E-state index is 0.581. The summed E-state index contributed by atoms with van der Waals surface area (Å²) >= 11 is 2.00. The third-order valence-corrected chi connectivity index (χ3v) is 6.26. The van der Waals surface area contributed by atoms with Gasteiger partial charge < -0.3 is 5.32 Å². The van der Waals surface area contributed by atoms with Crippen LogP contribution in [0.25, 0.3) is 0 Å². The van der Waals surface area contributed by atoms with Crippen LogP contribution in [0.3, 0.4) is 0 Å². The topological polar surface area (TPSA) is 12.0 Å². The van der Waals surface area contributed by atoms with Crippen LogP contribution in [0.15, 0.2) is 6.07 Å². The molecule has 0 aliphatic heterocycles. The average Bonchev–Trinajstić information content (AvgIpc) is 2.70. The van der Waals surface area contributed by atoms with Crippen LogP contribution >= 0.6 is 11.3 Å². The lowest BCUT2D eigenvalue weighted by atomic mass is 9.73. The molecule has 0 amide bonds. The van der Waals surface area contributed by atoms with Gasteiger partial charge in [-0.3, -0.25) is 0 Å². The summed E-state index contributed by atoms with van der Waals surface area (Å²) in [6.07, 6.45) is 4.17. The second kappa shape index (κ2) is 6.41. The van der Waals surface area contributed by atoms with Crippen LogP contribution in [-0.4, -0.2) is 6.54 Å². The molecule has 4 unspecified atom stereocenters. The highest BCUT2D eigenvalue weighted by Crippen LogP contribution is 2.41. The molecular weight excluding hydrogens is 250 g/mol. The molecule has 1 saturated carbocycles. The van der Waals surface area contributed by atoms with Gasteiger partial charge in [0, 0.05) is 15.8 Å². The standard InChI is InChI=1S/C17H29NS/c1-6-18-17(16-10-13(4)14(5)19-16)15-8-7-11(2)12(3)9-15/h10-12,15,17-18H,6-9H2,1-5H3. The zero-order valence-corrected chi connectivity index (χ0v) is 13.9. The molecule has 0 radical (unpaired) electrons. The van der Waals surface area contributed by atoms with E-state index in [2.05, 4.69) is 46.0 Å². The van der Waals surface area contributed by atoms with Gasteiger partial charge in [-0.1, -0.05) is 27.2 Å². The number of thiophene rings is 1. The maximum absolute atomic E-state index is 3.75. The summed E-state index contributed by atoms with van der Waals surface area (Å²) in [5.74, 6) is 2.61. The molecule has 1 aromatic heterocycles.